The number of nitrogens with one attached hydrogen (secondary N) is 1. The zero-order chi connectivity index (χ0) is 23.7. The van der Waals surface area contributed by atoms with E-state index in [0.717, 1.165) is 65.2 Å². The van der Waals surface area contributed by atoms with Gasteiger partial charge in [0.05, 0.1) is 47.2 Å². The van der Waals surface area contributed by atoms with E-state index in [2.05, 4.69) is 36.2 Å². The molecule has 4 aromatic rings. The van der Waals surface area contributed by atoms with Crippen molar-refractivity contribution in [1.82, 2.24) is 24.5 Å². The average Bonchev–Trinajstić information content (AvgIpc) is 3.65. The molecule has 0 aromatic carbocycles. The van der Waals surface area contributed by atoms with Gasteiger partial charge in [-0.25, -0.2) is 14.5 Å². The number of nitrogens with zero attached hydrogens (tertiary/aromatic N) is 6. The van der Waals surface area contributed by atoms with Crippen LogP contribution in [0.5, 0.6) is 0 Å². The third-order valence-corrected chi connectivity index (χ3v) is 8.79. The van der Waals surface area contributed by atoms with Crippen LogP contribution in [-0.2, 0) is 22.4 Å². The number of aromatic nitrogens is 4. The molecule has 180 valence electrons. The molecule has 0 radical (unpaired) electrons. The zero-order valence-electron chi connectivity index (χ0n) is 19.8. The van der Waals surface area contributed by atoms with Crippen molar-refractivity contribution in [3.8, 4) is 0 Å². The Bertz CT molecular complexity index is 1460. The minimum atomic E-state index is 0.0453. The van der Waals surface area contributed by atoms with E-state index >= 15 is 0 Å². The van der Waals surface area contributed by atoms with E-state index in [-0.39, 0.29) is 18.1 Å². The Balaban J connectivity index is 1.21. The van der Waals surface area contributed by atoms with Gasteiger partial charge in [0.2, 0.25) is 5.91 Å². The van der Waals surface area contributed by atoms with Crippen molar-refractivity contribution < 1.29 is 9.53 Å². The molecule has 2 fully saturated rings. The Morgan fingerprint density at radius 2 is 2.23 bits per heavy atom. The van der Waals surface area contributed by atoms with Crippen LogP contribution in [0.4, 0.5) is 17.2 Å². The van der Waals surface area contributed by atoms with Gasteiger partial charge in [-0.1, -0.05) is 0 Å². The molecule has 2 unspecified atom stereocenters. The molecule has 2 bridgehead atoms. The minimum Gasteiger partial charge on any atom is -0.375 e. The van der Waals surface area contributed by atoms with Gasteiger partial charge in [-0.3, -0.25) is 4.79 Å². The highest BCUT2D eigenvalue weighted by Gasteiger charge is 2.43. The lowest BCUT2D eigenvalue weighted by atomic mass is 9.86. The van der Waals surface area contributed by atoms with Gasteiger partial charge >= 0.3 is 0 Å². The summed E-state index contributed by atoms with van der Waals surface area (Å²) >= 11 is 1.71. The van der Waals surface area contributed by atoms with Crippen molar-refractivity contribution in [3.63, 3.8) is 0 Å². The first kappa shape index (κ1) is 21.1. The van der Waals surface area contributed by atoms with Gasteiger partial charge < -0.3 is 19.9 Å². The maximum atomic E-state index is 13.3. The molecule has 0 spiro atoms. The largest absolute Gasteiger partial charge is 0.375 e. The van der Waals surface area contributed by atoms with Crippen LogP contribution in [-0.4, -0.2) is 69.8 Å². The van der Waals surface area contributed by atoms with Gasteiger partial charge in [-0.2, -0.15) is 5.10 Å². The molecule has 2 saturated heterocycles. The van der Waals surface area contributed by atoms with Crippen LogP contribution in [0.3, 0.4) is 0 Å². The fourth-order valence-electron chi connectivity index (χ4n) is 5.86. The summed E-state index contributed by atoms with van der Waals surface area (Å²) in [6.45, 7) is 1.45. The molecule has 1 amide bonds. The fraction of sp³-hybridized carbons (Fsp3) is 0.440. The quantitative estimate of drug-likeness (QED) is 0.471. The predicted octanol–water partition coefficient (Wildman–Crippen LogP) is 3.25. The molecule has 1 N–H and O–H groups in total. The summed E-state index contributed by atoms with van der Waals surface area (Å²) in [7, 11) is 4.04. The molecule has 3 atom stereocenters. The molecule has 3 aliphatic rings. The lowest BCUT2D eigenvalue weighted by Gasteiger charge is -2.32. The number of ether oxygens (including phenoxy) is 1. The number of anilines is 3. The van der Waals surface area contributed by atoms with E-state index in [1.165, 1.54) is 10.4 Å². The lowest BCUT2D eigenvalue weighted by molar-refractivity contribution is -0.140. The second-order valence-electron chi connectivity index (χ2n) is 9.97. The Morgan fingerprint density at radius 3 is 3.03 bits per heavy atom. The SMILES string of the molecule is CN(C)c1cn2nccc2cc1Nc1ncnc2sc3c(c12)CC[C@H](C(=O)N1CC2CC1CO2)C3. The van der Waals surface area contributed by atoms with Crippen LogP contribution in [0.2, 0.25) is 0 Å². The number of likely N-dealkylation sites (tertiary alicyclic amines) is 1. The maximum absolute atomic E-state index is 13.3. The van der Waals surface area contributed by atoms with E-state index < -0.39 is 0 Å². The number of hydrogen-bond donors (Lipinski definition) is 1. The Morgan fingerprint density at radius 1 is 1.31 bits per heavy atom. The number of pyridine rings is 1. The second-order valence-corrected chi connectivity index (χ2v) is 11.1. The summed E-state index contributed by atoms with van der Waals surface area (Å²) in [6, 6.07) is 4.36. The second kappa shape index (κ2) is 7.89. The highest BCUT2D eigenvalue weighted by molar-refractivity contribution is 7.19. The maximum Gasteiger partial charge on any atom is 0.226 e. The van der Waals surface area contributed by atoms with Gasteiger partial charge in [0.15, 0.2) is 0 Å². The topological polar surface area (TPSA) is 87.9 Å². The normalized spacial score (nSPS) is 23.3. The standard InChI is InChI=1S/C25H27N7O2S/c1-30(2)20-11-32-15(5-6-28-32)9-19(20)29-23-22-18-4-3-14(7-21(18)35-24(22)27-13-26-23)25(33)31-10-17-8-16(31)12-34-17/h5-6,9,11,13-14,16-17H,3-4,7-8,10,12H2,1-2H3,(H,26,27,29)/t14-,16?,17?/m0/s1. The molecule has 0 saturated carbocycles. The third kappa shape index (κ3) is 3.38. The van der Waals surface area contributed by atoms with E-state index in [9.17, 15) is 4.79 Å². The first-order valence-electron chi connectivity index (χ1n) is 12.1. The number of carbonyl (C=O) groups is 1. The fourth-order valence-corrected chi connectivity index (χ4v) is 7.12. The van der Waals surface area contributed by atoms with E-state index in [1.807, 2.05) is 30.9 Å². The Kier molecular flexibility index (Phi) is 4.75. The van der Waals surface area contributed by atoms with Crippen LogP contribution in [0.25, 0.3) is 15.7 Å². The summed E-state index contributed by atoms with van der Waals surface area (Å²) < 4.78 is 7.57. The van der Waals surface area contributed by atoms with Crippen molar-refractivity contribution >= 4 is 50.2 Å². The number of rotatable bonds is 4. The van der Waals surface area contributed by atoms with E-state index in [1.54, 1.807) is 23.9 Å². The van der Waals surface area contributed by atoms with Gasteiger partial charge in [0.1, 0.15) is 17.0 Å². The van der Waals surface area contributed by atoms with Crippen molar-refractivity contribution in [2.75, 3.05) is 37.5 Å². The molecule has 4 aromatic heterocycles. The third-order valence-electron chi connectivity index (χ3n) is 7.63. The van der Waals surface area contributed by atoms with Gasteiger partial charge in [0, 0.05) is 37.6 Å². The average molecular weight is 490 g/mol. The van der Waals surface area contributed by atoms with Gasteiger partial charge in [-0.05, 0) is 43.4 Å². The monoisotopic (exact) mass is 489 g/mol. The first-order chi connectivity index (χ1) is 17.0. The molecule has 6 heterocycles. The summed E-state index contributed by atoms with van der Waals surface area (Å²) in [6.07, 6.45) is 9.21. The van der Waals surface area contributed by atoms with Crippen molar-refractivity contribution in [3.05, 3.63) is 41.3 Å². The Hall–Kier alpha value is -3.24. The predicted molar refractivity (Wildman–Crippen MR) is 136 cm³/mol. The number of carbonyl (C=O) groups excluding carboxylic acids is 1. The highest BCUT2D eigenvalue weighted by atomic mass is 32.1. The van der Waals surface area contributed by atoms with Crippen LogP contribution < -0.4 is 10.2 Å². The van der Waals surface area contributed by atoms with Gasteiger partial charge in [0.25, 0.3) is 0 Å². The van der Waals surface area contributed by atoms with Crippen molar-refractivity contribution in [1.29, 1.82) is 0 Å². The number of fused-ring (bicyclic) bond motifs is 6. The summed E-state index contributed by atoms with van der Waals surface area (Å²) in [5.41, 5.74) is 4.29. The smallest absolute Gasteiger partial charge is 0.226 e. The molecule has 1 aliphatic carbocycles. The highest BCUT2D eigenvalue weighted by Crippen LogP contribution is 2.42. The molecular formula is C25H27N7O2S. The zero-order valence-corrected chi connectivity index (χ0v) is 20.6. The number of aryl methyl sites for hydroxylation is 1. The molecule has 9 nitrogen and oxygen atoms in total. The van der Waals surface area contributed by atoms with Crippen LogP contribution >= 0.6 is 11.3 Å². The summed E-state index contributed by atoms with van der Waals surface area (Å²) in [5, 5.41) is 9.06. The Labute approximate surface area is 206 Å². The van der Waals surface area contributed by atoms with E-state index in [0.29, 0.717) is 12.5 Å². The number of morpholine rings is 1. The summed E-state index contributed by atoms with van der Waals surface area (Å²) in [5.74, 6) is 1.17. The van der Waals surface area contributed by atoms with Crippen molar-refractivity contribution in [2.24, 2.45) is 5.92 Å². The molecule has 2 aliphatic heterocycles. The first-order valence-corrected chi connectivity index (χ1v) is 13.0. The van der Waals surface area contributed by atoms with Crippen LogP contribution in [0.1, 0.15) is 23.3 Å². The lowest BCUT2D eigenvalue weighted by Crippen LogP contribution is -2.45. The van der Waals surface area contributed by atoms with Crippen LogP contribution in [0, 0.1) is 5.92 Å². The molecular weight excluding hydrogens is 462 g/mol. The van der Waals surface area contributed by atoms with Crippen molar-refractivity contribution in [2.45, 2.75) is 37.8 Å². The molecule has 7 rings (SSSR count). The number of thiophene rings is 1. The van der Waals surface area contributed by atoms with Crippen LogP contribution in [0.15, 0.2) is 30.9 Å². The minimum absolute atomic E-state index is 0.0453. The van der Waals surface area contributed by atoms with Gasteiger partial charge in [-0.15, -0.1) is 11.3 Å². The molecule has 10 heteroatoms. The molecule has 35 heavy (non-hydrogen) atoms. The number of amides is 1. The number of hydrogen-bond acceptors (Lipinski definition) is 8. The summed E-state index contributed by atoms with van der Waals surface area (Å²) in [4.78, 5) is 29.0. The van der Waals surface area contributed by atoms with E-state index in [4.69, 9.17) is 4.74 Å².